The Bertz CT molecular complexity index is 3590. The largest absolute Gasteiger partial charge is 0.310 e. The van der Waals surface area contributed by atoms with Gasteiger partial charge in [-0.25, -0.2) is 0 Å². The van der Waals surface area contributed by atoms with Gasteiger partial charge >= 0.3 is 0 Å². The van der Waals surface area contributed by atoms with E-state index in [1.165, 1.54) is 105 Å². The first-order valence-electron chi connectivity index (χ1n) is 23.8. The number of hydrogen-bond acceptors (Lipinski definition) is 1. The van der Waals surface area contributed by atoms with Gasteiger partial charge in [0.25, 0.3) is 0 Å². The van der Waals surface area contributed by atoms with Crippen LogP contribution in [-0.4, -0.2) is 0 Å². The van der Waals surface area contributed by atoms with Crippen LogP contribution in [0.4, 0.5) is 17.1 Å². The number of anilines is 3. The van der Waals surface area contributed by atoms with Crippen LogP contribution < -0.4 is 4.90 Å². The SMILES string of the molecule is CC(C)(C)c1ccc(-c2ccc(N(c3ccc4c(c3)-c3ccccc3C43c4ccccc4-c4ccccc43)c3ccc4ccccc4c3-c3cccc4c3C(C)(C)c3ccccc3-4)cc2)cc1. The number of hydrogen-bond donors (Lipinski definition) is 0. The normalized spacial score (nSPS) is 14.3. The highest BCUT2D eigenvalue weighted by atomic mass is 15.1. The maximum Gasteiger partial charge on any atom is 0.0725 e. The van der Waals surface area contributed by atoms with Crippen LogP contribution in [0.25, 0.3) is 66.4 Å². The second-order valence-electron chi connectivity index (χ2n) is 20.4. The van der Waals surface area contributed by atoms with E-state index in [-0.39, 0.29) is 10.8 Å². The highest BCUT2D eigenvalue weighted by molar-refractivity contribution is 6.08. The Balaban J connectivity index is 1.07. The lowest BCUT2D eigenvalue weighted by atomic mass is 9.70. The summed E-state index contributed by atoms with van der Waals surface area (Å²) in [5.74, 6) is 0. The van der Waals surface area contributed by atoms with E-state index >= 15 is 0 Å². The summed E-state index contributed by atoms with van der Waals surface area (Å²) in [7, 11) is 0. The minimum Gasteiger partial charge on any atom is -0.310 e. The quantitative estimate of drug-likeness (QED) is 0.167. The van der Waals surface area contributed by atoms with Crippen molar-refractivity contribution in [2.45, 2.75) is 50.9 Å². The standard InChI is InChI=1S/C66H51N/c1-64(2,3)45-34-29-42(30-35-45)43-31-36-46(37-32-43)67(61-40-33-44-17-6-7-18-48(44)62(61)54-24-16-23-53-51-21-8-12-25-56(51)65(4,5)63(53)54)47-38-39-60-55(41-47)52-22-11-15-28-59(52)66(60)57-26-13-9-19-49(57)50-20-10-14-27-58(50)66/h6-41H,1-5H3. The zero-order valence-corrected chi connectivity index (χ0v) is 38.7. The molecule has 0 fully saturated rings. The number of rotatable bonds is 5. The predicted molar refractivity (Wildman–Crippen MR) is 282 cm³/mol. The Morgan fingerprint density at radius 2 is 0.851 bits per heavy atom. The molecule has 0 heterocycles. The average Bonchev–Trinajstić information content (AvgIpc) is 3.92. The van der Waals surface area contributed by atoms with Gasteiger partial charge in [0.05, 0.1) is 11.1 Å². The Labute approximate surface area is 394 Å². The van der Waals surface area contributed by atoms with Gasteiger partial charge in [0.1, 0.15) is 0 Å². The van der Waals surface area contributed by atoms with E-state index in [1.54, 1.807) is 0 Å². The molecule has 0 unspecified atom stereocenters. The van der Waals surface area contributed by atoms with Crippen molar-refractivity contribution in [2.75, 3.05) is 4.90 Å². The molecule has 1 nitrogen and oxygen atoms in total. The highest BCUT2D eigenvalue weighted by Gasteiger charge is 2.51. The molecule has 320 valence electrons. The van der Waals surface area contributed by atoms with Gasteiger partial charge in [-0.15, -0.1) is 0 Å². The van der Waals surface area contributed by atoms with Gasteiger partial charge in [-0.05, 0) is 136 Å². The molecule has 10 aromatic rings. The molecule has 0 bridgehead atoms. The molecule has 0 atom stereocenters. The number of benzene rings is 10. The predicted octanol–water partition coefficient (Wildman–Crippen LogP) is 17.6. The molecule has 13 rings (SSSR count). The molecule has 3 aliphatic rings. The van der Waals surface area contributed by atoms with Gasteiger partial charge in [0, 0.05) is 22.4 Å². The summed E-state index contributed by atoms with van der Waals surface area (Å²) in [5, 5.41) is 2.47. The van der Waals surface area contributed by atoms with Crippen molar-refractivity contribution < 1.29 is 0 Å². The number of fused-ring (bicyclic) bond motifs is 14. The smallest absolute Gasteiger partial charge is 0.0725 e. The minimum atomic E-state index is -0.411. The molecule has 0 aromatic heterocycles. The molecule has 0 radical (unpaired) electrons. The molecule has 0 aliphatic heterocycles. The Morgan fingerprint density at radius 3 is 1.48 bits per heavy atom. The summed E-state index contributed by atoms with van der Waals surface area (Å²) >= 11 is 0. The molecule has 1 heteroatoms. The second-order valence-corrected chi connectivity index (χ2v) is 20.4. The van der Waals surface area contributed by atoms with Crippen molar-refractivity contribution in [2.24, 2.45) is 0 Å². The van der Waals surface area contributed by atoms with Crippen LogP contribution in [0, 0.1) is 0 Å². The Hall–Kier alpha value is -7.74. The molecule has 3 aliphatic carbocycles. The van der Waals surface area contributed by atoms with E-state index in [1.807, 2.05) is 0 Å². The summed E-state index contributed by atoms with van der Waals surface area (Å²) in [6, 6.07) is 82.6. The number of nitrogens with zero attached hydrogens (tertiary/aromatic N) is 1. The first-order valence-corrected chi connectivity index (χ1v) is 23.8. The van der Waals surface area contributed by atoms with Crippen LogP contribution in [-0.2, 0) is 16.2 Å². The monoisotopic (exact) mass is 857 g/mol. The van der Waals surface area contributed by atoms with Crippen LogP contribution in [0.1, 0.15) is 73.6 Å². The Kier molecular flexibility index (Phi) is 8.50. The van der Waals surface area contributed by atoms with E-state index in [0.29, 0.717) is 0 Å². The van der Waals surface area contributed by atoms with E-state index in [0.717, 1.165) is 17.1 Å². The summed E-state index contributed by atoms with van der Waals surface area (Å²) in [6.07, 6.45) is 0. The maximum atomic E-state index is 2.53. The van der Waals surface area contributed by atoms with Gasteiger partial charge < -0.3 is 4.90 Å². The van der Waals surface area contributed by atoms with Crippen molar-refractivity contribution in [1.82, 2.24) is 0 Å². The molecule has 0 saturated carbocycles. The highest BCUT2D eigenvalue weighted by Crippen LogP contribution is 2.63. The minimum absolute atomic E-state index is 0.0951. The van der Waals surface area contributed by atoms with Gasteiger partial charge in [-0.1, -0.05) is 223 Å². The van der Waals surface area contributed by atoms with Crippen molar-refractivity contribution in [3.63, 3.8) is 0 Å². The van der Waals surface area contributed by atoms with E-state index in [4.69, 9.17) is 0 Å². The Morgan fingerprint density at radius 1 is 0.373 bits per heavy atom. The van der Waals surface area contributed by atoms with Crippen LogP contribution in [0.5, 0.6) is 0 Å². The molecular formula is C66H51N. The zero-order valence-electron chi connectivity index (χ0n) is 38.7. The van der Waals surface area contributed by atoms with Crippen molar-refractivity contribution in [1.29, 1.82) is 0 Å². The fourth-order valence-corrected chi connectivity index (χ4v) is 12.4. The topological polar surface area (TPSA) is 3.24 Å². The summed E-state index contributed by atoms with van der Waals surface area (Å²) in [5.41, 5.74) is 25.2. The lowest BCUT2D eigenvalue weighted by Gasteiger charge is -2.32. The average molecular weight is 858 g/mol. The zero-order chi connectivity index (χ0) is 45.2. The molecule has 67 heavy (non-hydrogen) atoms. The summed E-state index contributed by atoms with van der Waals surface area (Å²) in [4.78, 5) is 2.53. The third kappa shape index (κ3) is 5.61. The second kappa shape index (κ2) is 14.4. The van der Waals surface area contributed by atoms with Crippen LogP contribution in [0.15, 0.2) is 218 Å². The van der Waals surface area contributed by atoms with Crippen molar-refractivity contribution in [3.05, 3.63) is 257 Å². The lowest BCUT2D eigenvalue weighted by molar-refractivity contribution is 0.590. The molecule has 0 N–H and O–H groups in total. The molecule has 1 spiro atoms. The molecule has 10 aromatic carbocycles. The first kappa shape index (κ1) is 39.6. The lowest BCUT2D eigenvalue weighted by Crippen LogP contribution is -2.25. The third-order valence-corrected chi connectivity index (χ3v) is 15.4. The fraction of sp³-hybridized carbons (Fsp3) is 0.121. The summed E-state index contributed by atoms with van der Waals surface area (Å²) in [6.45, 7) is 11.6. The van der Waals surface area contributed by atoms with E-state index in [2.05, 4.69) is 258 Å². The molecule has 0 amide bonds. The van der Waals surface area contributed by atoms with Gasteiger partial charge in [0.2, 0.25) is 0 Å². The fourth-order valence-electron chi connectivity index (χ4n) is 12.4. The third-order valence-electron chi connectivity index (χ3n) is 15.4. The van der Waals surface area contributed by atoms with Gasteiger partial charge in [-0.2, -0.15) is 0 Å². The maximum absolute atomic E-state index is 2.53. The van der Waals surface area contributed by atoms with E-state index < -0.39 is 5.41 Å². The van der Waals surface area contributed by atoms with Crippen molar-refractivity contribution >= 4 is 27.8 Å². The van der Waals surface area contributed by atoms with Gasteiger partial charge in [0.15, 0.2) is 0 Å². The first-order chi connectivity index (χ1) is 32.6. The van der Waals surface area contributed by atoms with Crippen LogP contribution >= 0.6 is 0 Å². The van der Waals surface area contributed by atoms with E-state index in [9.17, 15) is 0 Å². The summed E-state index contributed by atoms with van der Waals surface area (Å²) < 4.78 is 0. The molecule has 0 saturated heterocycles. The molecular weight excluding hydrogens is 807 g/mol. The van der Waals surface area contributed by atoms with Gasteiger partial charge in [-0.3, -0.25) is 0 Å². The van der Waals surface area contributed by atoms with Crippen molar-refractivity contribution in [3.8, 4) is 55.6 Å². The van der Waals surface area contributed by atoms with Crippen LogP contribution in [0.2, 0.25) is 0 Å². The van der Waals surface area contributed by atoms with Crippen LogP contribution in [0.3, 0.4) is 0 Å².